The molecule has 0 bridgehead atoms. The van der Waals surface area contributed by atoms with Gasteiger partial charge in [-0.3, -0.25) is 9.84 Å². The predicted octanol–water partition coefficient (Wildman–Crippen LogP) is 6.48. The zero-order chi connectivity index (χ0) is 24.7. The van der Waals surface area contributed by atoms with Gasteiger partial charge in [0.1, 0.15) is 0 Å². The highest BCUT2D eigenvalue weighted by molar-refractivity contribution is 7.80. The Morgan fingerprint density at radius 2 is 1.54 bits per heavy atom. The van der Waals surface area contributed by atoms with Crippen molar-refractivity contribution in [2.45, 2.75) is 133 Å². The normalized spacial score (nSPS) is 33.0. The maximum absolute atomic E-state index is 7.99. The second-order valence-electron chi connectivity index (χ2n) is 12.2. The molecule has 6 heteroatoms. The molecule has 1 spiro atoms. The van der Waals surface area contributed by atoms with Gasteiger partial charge in [0.2, 0.25) is 0 Å². The molecule has 2 atom stereocenters. The second kappa shape index (κ2) is 12.4. The molecule has 1 heterocycles. The first kappa shape index (κ1) is 26.9. The molecule has 0 aromatic heterocycles. The minimum atomic E-state index is -0.284. The molecule has 1 aliphatic heterocycles. The van der Waals surface area contributed by atoms with E-state index in [1.807, 2.05) is 0 Å². The van der Waals surface area contributed by atoms with Gasteiger partial charge in [0.25, 0.3) is 5.66 Å². The highest BCUT2D eigenvalue weighted by Gasteiger charge is 2.53. The van der Waals surface area contributed by atoms with Gasteiger partial charge < -0.3 is 10.6 Å². The van der Waals surface area contributed by atoms with Crippen LogP contribution in [0.15, 0.2) is 4.99 Å². The van der Waals surface area contributed by atoms with Gasteiger partial charge in [0.05, 0.1) is 11.5 Å². The Bertz CT molecular complexity index is 768. The van der Waals surface area contributed by atoms with Crippen molar-refractivity contribution in [1.82, 2.24) is 15.5 Å². The fourth-order valence-corrected chi connectivity index (χ4v) is 7.89. The summed E-state index contributed by atoms with van der Waals surface area (Å²) in [6.45, 7) is 9.03. The highest BCUT2D eigenvalue weighted by atomic mass is 32.1. The zero-order valence-electron chi connectivity index (χ0n) is 22.4. The van der Waals surface area contributed by atoms with E-state index in [-0.39, 0.29) is 5.66 Å². The molecule has 2 unspecified atom stereocenters. The van der Waals surface area contributed by atoms with Gasteiger partial charge >= 0.3 is 0 Å². The molecule has 0 aromatic carbocycles. The average Bonchev–Trinajstić information content (AvgIpc) is 3.25. The number of aliphatic imine (C=N–C) groups is 1. The molecule has 196 valence electrons. The van der Waals surface area contributed by atoms with Crippen LogP contribution in [0.25, 0.3) is 4.85 Å². The summed E-state index contributed by atoms with van der Waals surface area (Å²) in [6.07, 6.45) is 23.3. The minimum Gasteiger partial charge on any atom is -0.360 e. The minimum absolute atomic E-state index is 0.284. The van der Waals surface area contributed by atoms with Crippen LogP contribution in [-0.4, -0.2) is 53.6 Å². The summed E-state index contributed by atoms with van der Waals surface area (Å²) in [4.78, 5) is 11.7. The Kier molecular flexibility index (Phi) is 9.49. The molecule has 4 saturated carbocycles. The van der Waals surface area contributed by atoms with Gasteiger partial charge in [0.15, 0.2) is 5.11 Å². The molecule has 2 N–H and O–H groups in total. The van der Waals surface area contributed by atoms with Gasteiger partial charge in [-0.15, -0.1) is 0 Å². The van der Waals surface area contributed by atoms with E-state index in [1.165, 1.54) is 102 Å². The van der Waals surface area contributed by atoms with Crippen LogP contribution in [0.1, 0.15) is 116 Å². The molecule has 4 aliphatic carbocycles. The van der Waals surface area contributed by atoms with Crippen LogP contribution in [0.4, 0.5) is 0 Å². The van der Waals surface area contributed by atoms with E-state index >= 15 is 0 Å². The maximum Gasteiger partial charge on any atom is 0.291 e. The van der Waals surface area contributed by atoms with Crippen LogP contribution in [-0.2, 0) is 0 Å². The van der Waals surface area contributed by atoms with E-state index in [0.29, 0.717) is 17.5 Å². The number of rotatable bonds is 3. The van der Waals surface area contributed by atoms with Crippen molar-refractivity contribution in [2.24, 2.45) is 16.8 Å². The SMILES string of the molecule is S=C1NCC2(CCCCC2)N1.[C-]#[N+]C1(N(C)C)CCC(=NC2CCCCC2)CC1C1CCCCC1. The van der Waals surface area contributed by atoms with Crippen LogP contribution < -0.4 is 10.6 Å². The summed E-state index contributed by atoms with van der Waals surface area (Å²) < 4.78 is 0. The molecule has 0 amide bonds. The molecular formula is C29H49N5S. The Labute approximate surface area is 220 Å². The van der Waals surface area contributed by atoms with E-state index < -0.39 is 0 Å². The summed E-state index contributed by atoms with van der Waals surface area (Å²) in [5.74, 6) is 1.22. The standard InChI is InChI=1S/C21H35N3.C8H14N2S/c1-22-21(24(2)3)15-14-19(23-18-12-8-5-9-13-18)16-20(21)17-10-6-4-7-11-17;11-7-9-6-8(10-7)4-2-1-3-5-8/h17-18,20H,4-16H2,2-3H3;1-6H2,(H2,9,10,11). The molecule has 35 heavy (non-hydrogen) atoms. The average molecular weight is 500 g/mol. The van der Waals surface area contributed by atoms with Gasteiger partial charge in [0, 0.05) is 24.7 Å². The summed E-state index contributed by atoms with van der Waals surface area (Å²) in [7, 11) is 4.24. The fraction of sp³-hybridized carbons (Fsp3) is 0.897. The lowest BCUT2D eigenvalue weighted by Gasteiger charge is -2.44. The molecule has 0 radical (unpaired) electrons. The van der Waals surface area contributed by atoms with Crippen molar-refractivity contribution >= 4 is 23.0 Å². The quantitative estimate of drug-likeness (QED) is 0.344. The number of hydrogen-bond acceptors (Lipinski definition) is 3. The number of hydrogen-bond donors (Lipinski definition) is 2. The molecule has 5 aliphatic rings. The van der Waals surface area contributed by atoms with Crippen LogP contribution in [0.2, 0.25) is 0 Å². The first-order valence-electron chi connectivity index (χ1n) is 14.6. The number of nitrogens with one attached hydrogen (secondary N) is 2. The monoisotopic (exact) mass is 499 g/mol. The van der Waals surface area contributed by atoms with E-state index in [4.69, 9.17) is 23.8 Å². The van der Waals surface area contributed by atoms with Crippen molar-refractivity contribution in [3.63, 3.8) is 0 Å². The topological polar surface area (TPSA) is 44.0 Å². The molecular weight excluding hydrogens is 450 g/mol. The fourth-order valence-electron chi connectivity index (χ4n) is 7.60. The van der Waals surface area contributed by atoms with Gasteiger partial charge in [-0.25, -0.2) is 11.5 Å². The maximum atomic E-state index is 7.99. The lowest BCUT2D eigenvalue weighted by atomic mass is 9.66. The largest absolute Gasteiger partial charge is 0.360 e. The number of nitrogens with zero attached hydrogens (tertiary/aromatic N) is 3. The van der Waals surface area contributed by atoms with Gasteiger partial charge in [-0.1, -0.05) is 57.8 Å². The van der Waals surface area contributed by atoms with Gasteiger partial charge in [-0.2, -0.15) is 0 Å². The smallest absolute Gasteiger partial charge is 0.291 e. The molecule has 0 aromatic rings. The van der Waals surface area contributed by atoms with Crippen molar-refractivity contribution < 1.29 is 0 Å². The third-order valence-corrected chi connectivity index (χ3v) is 9.98. The summed E-state index contributed by atoms with van der Waals surface area (Å²) in [6, 6.07) is 0.584. The van der Waals surface area contributed by atoms with Crippen LogP contribution in [0, 0.1) is 18.4 Å². The molecule has 5 fully saturated rings. The van der Waals surface area contributed by atoms with Crippen molar-refractivity contribution in [1.29, 1.82) is 0 Å². The summed E-state index contributed by atoms with van der Waals surface area (Å²) in [5.41, 5.74) is 1.50. The van der Waals surface area contributed by atoms with E-state index in [1.54, 1.807) is 0 Å². The first-order chi connectivity index (χ1) is 17.0. The predicted molar refractivity (Wildman–Crippen MR) is 151 cm³/mol. The first-order valence-corrected chi connectivity index (χ1v) is 15.0. The third kappa shape index (κ3) is 6.58. The van der Waals surface area contributed by atoms with Crippen LogP contribution in [0.3, 0.4) is 0 Å². The zero-order valence-corrected chi connectivity index (χ0v) is 23.2. The molecule has 1 saturated heterocycles. The lowest BCUT2D eigenvalue weighted by molar-refractivity contribution is 0.0552. The van der Waals surface area contributed by atoms with Crippen molar-refractivity contribution in [2.75, 3.05) is 20.6 Å². The highest BCUT2D eigenvalue weighted by Crippen LogP contribution is 2.46. The van der Waals surface area contributed by atoms with Crippen molar-refractivity contribution in [3.05, 3.63) is 11.4 Å². The molecule has 5 nitrogen and oxygen atoms in total. The lowest BCUT2D eigenvalue weighted by Crippen LogP contribution is -2.54. The Morgan fingerprint density at radius 3 is 2.11 bits per heavy atom. The van der Waals surface area contributed by atoms with Gasteiger partial charge in [-0.05, 0) is 83.6 Å². The Hall–Kier alpha value is -1.19. The van der Waals surface area contributed by atoms with E-state index in [9.17, 15) is 0 Å². The van der Waals surface area contributed by atoms with Crippen LogP contribution >= 0.6 is 12.2 Å². The Morgan fingerprint density at radius 1 is 0.914 bits per heavy atom. The summed E-state index contributed by atoms with van der Waals surface area (Å²) in [5, 5.41) is 7.44. The van der Waals surface area contributed by atoms with E-state index in [2.05, 4.69) is 34.5 Å². The molecule has 5 rings (SSSR count). The van der Waals surface area contributed by atoms with Crippen LogP contribution in [0.5, 0.6) is 0 Å². The Balaban J connectivity index is 0.000000218. The summed E-state index contributed by atoms with van der Waals surface area (Å²) >= 11 is 5.05. The number of thiocarbonyl (C=S) groups is 1. The van der Waals surface area contributed by atoms with E-state index in [0.717, 1.165) is 36.8 Å². The third-order valence-electron chi connectivity index (χ3n) is 9.73. The van der Waals surface area contributed by atoms with Crippen molar-refractivity contribution in [3.8, 4) is 0 Å². The second-order valence-corrected chi connectivity index (χ2v) is 12.6.